The third-order valence-electron chi connectivity index (χ3n) is 3.44. The highest BCUT2D eigenvalue weighted by Crippen LogP contribution is 2.26. The Kier molecular flexibility index (Phi) is 5.90. The van der Waals surface area contributed by atoms with Crippen molar-refractivity contribution in [3.8, 4) is 0 Å². The predicted octanol–water partition coefficient (Wildman–Crippen LogP) is 4.25. The second-order valence-corrected chi connectivity index (χ2v) is 5.04. The Labute approximate surface area is 126 Å². The summed E-state index contributed by atoms with van der Waals surface area (Å²) in [5.74, 6) is -0.232. The van der Waals surface area contributed by atoms with Crippen LogP contribution in [-0.4, -0.2) is 13.1 Å². The number of ether oxygens (including phenoxy) is 1. The minimum absolute atomic E-state index is 0.0434. The molecule has 0 aliphatic heterocycles. The Morgan fingerprint density at radius 2 is 1.76 bits per heavy atom. The Bertz CT molecular complexity index is 544. The van der Waals surface area contributed by atoms with Gasteiger partial charge in [-0.05, 0) is 36.7 Å². The fourth-order valence-electron chi connectivity index (χ4n) is 2.28. The number of hydrogen-bond donors (Lipinski definition) is 1. The van der Waals surface area contributed by atoms with E-state index < -0.39 is 0 Å². The first-order chi connectivity index (χ1) is 10.2. The molecule has 0 spiro atoms. The third kappa shape index (κ3) is 4.66. The zero-order valence-electron chi connectivity index (χ0n) is 12.6. The molecule has 0 fully saturated rings. The normalized spacial score (nSPS) is 13.9. The molecule has 2 rings (SSSR count). The fraction of sp³-hybridized carbons (Fsp3) is 0.333. The van der Waals surface area contributed by atoms with Crippen molar-refractivity contribution in [3.63, 3.8) is 0 Å². The summed E-state index contributed by atoms with van der Waals surface area (Å²) in [5.41, 5.74) is 1.98. The molecule has 0 aromatic heterocycles. The largest absolute Gasteiger partial charge is 0.365 e. The van der Waals surface area contributed by atoms with Gasteiger partial charge >= 0.3 is 0 Å². The van der Waals surface area contributed by atoms with E-state index in [1.165, 1.54) is 6.07 Å². The molecule has 21 heavy (non-hydrogen) atoms. The summed E-state index contributed by atoms with van der Waals surface area (Å²) in [6.45, 7) is 5.59. The van der Waals surface area contributed by atoms with E-state index in [4.69, 9.17) is 4.74 Å². The van der Waals surface area contributed by atoms with Gasteiger partial charge in [0.1, 0.15) is 5.82 Å². The number of halogens is 1. The molecule has 112 valence electrons. The summed E-state index contributed by atoms with van der Waals surface area (Å²) in [4.78, 5) is 0. The quantitative estimate of drug-likeness (QED) is 0.822. The van der Waals surface area contributed by atoms with E-state index >= 15 is 0 Å². The molecular weight excluding hydrogens is 265 g/mol. The van der Waals surface area contributed by atoms with Crippen LogP contribution in [0.3, 0.4) is 0 Å². The highest BCUT2D eigenvalue weighted by molar-refractivity contribution is 5.21. The van der Waals surface area contributed by atoms with Crippen LogP contribution in [0.25, 0.3) is 0 Å². The molecule has 2 aromatic rings. The first kappa shape index (κ1) is 15.7. The van der Waals surface area contributed by atoms with Crippen molar-refractivity contribution >= 4 is 0 Å². The summed E-state index contributed by atoms with van der Waals surface area (Å²) >= 11 is 0. The molecule has 2 nitrogen and oxygen atoms in total. The van der Waals surface area contributed by atoms with E-state index in [2.05, 4.69) is 5.32 Å². The Balaban J connectivity index is 2.13. The highest BCUT2D eigenvalue weighted by atomic mass is 19.1. The van der Waals surface area contributed by atoms with Crippen LogP contribution in [0.15, 0.2) is 54.6 Å². The molecule has 3 heteroatoms. The van der Waals surface area contributed by atoms with Crippen molar-refractivity contribution in [2.24, 2.45) is 0 Å². The van der Waals surface area contributed by atoms with Gasteiger partial charge in [0.15, 0.2) is 0 Å². The van der Waals surface area contributed by atoms with E-state index in [0.29, 0.717) is 6.54 Å². The van der Waals surface area contributed by atoms with Gasteiger partial charge in [0.25, 0.3) is 0 Å². The van der Waals surface area contributed by atoms with Crippen LogP contribution in [0.4, 0.5) is 4.39 Å². The van der Waals surface area contributed by atoms with Gasteiger partial charge < -0.3 is 10.1 Å². The first-order valence-electron chi connectivity index (χ1n) is 7.37. The topological polar surface area (TPSA) is 21.3 Å². The van der Waals surface area contributed by atoms with Crippen LogP contribution in [0.5, 0.6) is 0 Å². The molecule has 0 bridgehead atoms. The van der Waals surface area contributed by atoms with Gasteiger partial charge in [-0.25, -0.2) is 4.39 Å². The molecular formula is C18H22FNO. The number of rotatable bonds is 7. The fourth-order valence-corrected chi connectivity index (χ4v) is 2.28. The summed E-state index contributed by atoms with van der Waals surface area (Å²) in [7, 11) is 0. The van der Waals surface area contributed by atoms with Gasteiger partial charge in [-0.2, -0.15) is 0 Å². The molecule has 0 amide bonds. The molecule has 2 aromatic carbocycles. The molecule has 0 heterocycles. The van der Waals surface area contributed by atoms with Crippen LogP contribution >= 0.6 is 0 Å². The van der Waals surface area contributed by atoms with Crippen LogP contribution < -0.4 is 5.32 Å². The van der Waals surface area contributed by atoms with Gasteiger partial charge in [0.2, 0.25) is 0 Å². The maximum atomic E-state index is 13.4. The van der Waals surface area contributed by atoms with Crippen LogP contribution in [-0.2, 0) is 4.74 Å². The van der Waals surface area contributed by atoms with Crippen molar-refractivity contribution in [1.82, 2.24) is 5.32 Å². The second kappa shape index (κ2) is 7.91. The minimum atomic E-state index is -0.232. The van der Waals surface area contributed by atoms with E-state index in [1.54, 1.807) is 12.1 Å². The predicted molar refractivity (Wildman–Crippen MR) is 83.6 cm³/mol. The van der Waals surface area contributed by atoms with E-state index in [9.17, 15) is 4.39 Å². The maximum absolute atomic E-state index is 13.4. The smallest absolute Gasteiger partial charge is 0.123 e. The van der Waals surface area contributed by atoms with Gasteiger partial charge in [-0.1, -0.05) is 49.4 Å². The number of nitrogens with one attached hydrogen (secondary N) is 1. The average molecular weight is 287 g/mol. The van der Waals surface area contributed by atoms with Crippen molar-refractivity contribution in [2.45, 2.75) is 26.1 Å². The molecule has 0 aliphatic carbocycles. The standard InChI is InChI=1S/C18H22FNO/c1-3-20-13-18(16-10-7-11-17(19)12-16)21-14(2)15-8-5-4-6-9-15/h4-12,14,18,20H,3,13H2,1-2H3. The van der Waals surface area contributed by atoms with Crippen molar-refractivity contribution in [2.75, 3.05) is 13.1 Å². The number of hydrogen-bond acceptors (Lipinski definition) is 2. The van der Waals surface area contributed by atoms with E-state index in [-0.39, 0.29) is 18.0 Å². The average Bonchev–Trinajstić information content (AvgIpc) is 2.52. The summed E-state index contributed by atoms with van der Waals surface area (Å²) in [5, 5.41) is 3.28. The lowest BCUT2D eigenvalue weighted by Gasteiger charge is -2.23. The van der Waals surface area contributed by atoms with Gasteiger partial charge in [-0.15, -0.1) is 0 Å². The molecule has 0 aliphatic rings. The Morgan fingerprint density at radius 1 is 1.05 bits per heavy atom. The van der Waals surface area contributed by atoms with E-state index in [1.807, 2.05) is 50.2 Å². The van der Waals surface area contributed by atoms with Crippen molar-refractivity contribution < 1.29 is 9.13 Å². The lowest BCUT2D eigenvalue weighted by atomic mass is 10.1. The number of benzene rings is 2. The third-order valence-corrected chi connectivity index (χ3v) is 3.44. The van der Waals surface area contributed by atoms with Crippen LogP contribution in [0.2, 0.25) is 0 Å². The molecule has 0 saturated carbocycles. The zero-order valence-corrected chi connectivity index (χ0v) is 12.6. The SMILES string of the molecule is CCNCC(OC(C)c1ccccc1)c1cccc(F)c1. The highest BCUT2D eigenvalue weighted by Gasteiger charge is 2.17. The van der Waals surface area contributed by atoms with E-state index in [0.717, 1.165) is 17.7 Å². The van der Waals surface area contributed by atoms with Crippen molar-refractivity contribution in [3.05, 3.63) is 71.5 Å². The number of likely N-dealkylation sites (N-methyl/N-ethyl adjacent to an activating group) is 1. The monoisotopic (exact) mass is 287 g/mol. The molecule has 2 atom stereocenters. The Hall–Kier alpha value is -1.71. The molecule has 1 N–H and O–H groups in total. The summed E-state index contributed by atoms with van der Waals surface area (Å²) in [6.07, 6.45) is -0.214. The maximum Gasteiger partial charge on any atom is 0.123 e. The second-order valence-electron chi connectivity index (χ2n) is 5.04. The first-order valence-corrected chi connectivity index (χ1v) is 7.37. The van der Waals surface area contributed by atoms with Gasteiger partial charge in [0.05, 0.1) is 12.2 Å². The minimum Gasteiger partial charge on any atom is -0.365 e. The van der Waals surface area contributed by atoms with Crippen LogP contribution in [0.1, 0.15) is 37.2 Å². The summed E-state index contributed by atoms with van der Waals surface area (Å²) in [6, 6.07) is 16.7. The summed E-state index contributed by atoms with van der Waals surface area (Å²) < 4.78 is 19.6. The zero-order chi connectivity index (χ0) is 15.1. The van der Waals surface area contributed by atoms with Gasteiger partial charge in [0, 0.05) is 6.54 Å². The molecule has 0 saturated heterocycles. The van der Waals surface area contributed by atoms with Crippen LogP contribution in [0, 0.1) is 5.82 Å². The van der Waals surface area contributed by atoms with Gasteiger partial charge in [-0.3, -0.25) is 0 Å². The lowest BCUT2D eigenvalue weighted by Crippen LogP contribution is -2.24. The lowest BCUT2D eigenvalue weighted by molar-refractivity contribution is -0.00424. The van der Waals surface area contributed by atoms with Crippen molar-refractivity contribution in [1.29, 1.82) is 0 Å². The molecule has 2 unspecified atom stereocenters. The molecule has 0 radical (unpaired) electrons. The Morgan fingerprint density at radius 3 is 2.43 bits per heavy atom.